The highest BCUT2D eigenvalue weighted by molar-refractivity contribution is 7.89. The van der Waals surface area contributed by atoms with Crippen molar-refractivity contribution >= 4 is 31.8 Å². The Morgan fingerprint density at radius 3 is 2.63 bits per heavy atom. The molecule has 1 aliphatic rings. The van der Waals surface area contributed by atoms with Gasteiger partial charge in [-0.2, -0.15) is 4.31 Å². The standard InChI is InChI=1S/C19H24N4O3S/c1-19(2,20-3)11-23(12-4-5-12)27(25,26)13-6-7-16-15(10-13)14-8-9-21-17(14)18(24)22-16/h6-10,12,20-21H,4-5,11H2,1-3H3,(H,22,24). The van der Waals surface area contributed by atoms with Gasteiger partial charge in [-0.15, -0.1) is 0 Å². The van der Waals surface area contributed by atoms with E-state index in [2.05, 4.69) is 15.3 Å². The Balaban J connectivity index is 1.84. The summed E-state index contributed by atoms with van der Waals surface area (Å²) in [7, 11) is -1.80. The van der Waals surface area contributed by atoms with Crippen LogP contribution >= 0.6 is 0 Å². The summed E-state index contributed by atoms with van der Waals surface area (Å²) in [4.78, 5) is 18.1. The average Bonchev–Trinajstić information content (AvgIpc) is 3.34. The van der Waals surface area contributed by atoms with Crippen molar-refractivity contribution in [2.24, 2.45) is 0 Å². The maximum atomic E-state index is 13.4. The highest BCUT2D eigenvalue weighted by atomic mass is 32.2. The van der Waals surface area contributed by atoms with Gasteiger partial charge in [-0.25, -0.2) is 8.42 Å². The third-order valence-electron chi connectivity index (χ3n) is 5.29. The number of H-pyrrole nitrogens is 2. The topological polar surface area (TPSA) is 98.1 Å². The normalized spacial score (nSPS) is 15.9. The molecular weight excluding hydrogens is 364 g/mol. The molecule has 0 unspecified atom stereocenters. The van der Waals surface area contributed by atoms with Crippen LogP contribution in [0.4, 0.5) is 0 Å². The molecule has 1 saturated carbocycles. The van der Waals surface area contributed by atoms with Crippen LogP contribution in [0.1, 0.15) is 26.7 Å². The molecule has 0 atom stereocenters. The van der Waals surface area contributed by atoms with E-state index < -0.39 is 10.0 Å². The van der Waals surface area contributed by atoms with Crippen LogP contribution in [0.25, 0.3) is 21.8 Å². The van der Waals surface area contributed by atoms with E-state index in [1.165, 1.54) is 0 Å². The van der Waals surface area contributed by atoms with Crippen molar-refractivity contribution in [3.63, 3.8) is 0 Å². The molecule has 144 valence electrons. The van der Waals surface area contributed by atoms with Gasteiger partial charge in [0.15, 0.2) is 0 Å². The number of pyridine rings is 1. The Hall–Kier alpha value is -2.16. The summed E-state index contributed by atoms with van der Waals surface area (Å²) in [6, 6.07) is 6.77. The molecule has 4 rings (SSSR count). The van der Waals surface area contributed by atoms with Gasteiger partial charge < -0.3 is 15.3 Å². The first-order valence-electron chi connectivity index (χ1n) is 9.07. The zero-order chi connectivity index (χ0) is 19.4. The van der Waals surface area contributed by atoms with Crippen LogP contribution < -0.4 is 10.9 Å². The number of aromatic amines is 2. The maximum Gasteiger partial charge on any atom is 0.272 e. The predicted octanol–water partition coefficient (Wildman–Crippen LogP) is 2.16. The molecule has 8 heteroatoms. The van der Waals surface area contributed by atoms with E-state index in [0.717, 1.165) is 23.6 Å². The van der Waals surface area contributed by atoms with Crippen molar-refractivity contribution in [3.05, 3.63) is 40.8 Å². The third kappa shape index (κ3) is 3.18. The Morgan fingerprint density at radius 2 is 1.96 bits per heavy atom. The Bertz CT molecular complexity index is 1170. The molecule has 0 aliphatic heterocycles. The Labute approximate surface area is 157 Å². The van der Waals surface area contributed by atoms with Gasteiger partial charge in [-0.05, 0) is 58.0 Å². The van der Waals surface area contributed by atoms with Crippen LogP contribution in [0.15, 0.2) is 40.2 Å². The van der Waals surface area contributed by atoms with Crippen molar-refractivity contribution in [2.45, 2.75) is 43.2 Å². The smallest absolute Gasteiger partial charge is 0.272 e. The summed E-state index contributed by atoms with van der Waals surface area (Å²) in [5.41, 5.74) is 0.534. The predicted molar refractivity (Wildman–Crippen MR) is 106 cm³/mol. The Kier molecular flexibility index (Phi) is 4.17. The molecule has 0 spiro atoms. The molecule has 0 bridgehead atoms. The van der Waals surface area contributed by atoms with E-state index in [9.17, 15) is 13.2 Å². The summed E-state index contributed by atoms with van der Waals surface area (Å²) in [6.07, 6.45) is 3.47. The van der Waals surface area contributed by atoms with E-state index in [1.807, 2.05) is 20.9 Å². The van der Waals surface area contributed by atoms with Crippen LogP contribution in [-0.4, -0.2) is 47.9 Å². The molecule has 1 aliphatic carbocycles. The van der Waals surface area contributed by atoms with Crippen LogP contribution in [0.2, 0.25) is 0 Å². The van der Waals surface area contributed by atoms with Gasteiger partial charge in [-0.1, -0.05) is 0 Å². The van der Waals surface area contributed by atoms with Crippen LogP contribution in [0.3, 0.4) is 0 Å². The third-order valence-corrected chi connectivity index (χ3v) is 7.19. The van der Waals surface area contributed by atoms with E-state index >= 15 is 0 Å². The summed E-state index contributed by atoms with van der Waals surface area (Å²) in [5, 5.41) is 4.62. The number of rotatable bonds is 6. The summed E-state index contributed by atoms with van der Waals surface area (Å²) in [5.74, 6) is 0. The maximum absolute atomic E-state index is 13.4. The fourth-order valence-corrected chi connectivity index (χ4v) is 5.23. The number of hydrogen-bond acceptors (Lipinski definition) is 4. The molecule has 27 heavy (non-hydrogen) atoms. The number of hydrogen-bond donors (Lipinski definition) is 3. The quantitative estimate of drug-likeness (QED) is 0.603. The van der Waals surface area contributed by atoms with E-state index in [0.29, 0.717) is 17.6 Å². The molecule has 2 aromatic heterocycles. The van der Waals surface area contributed by atoms with Crippen molar-refractivity contribution in [3.8, 4) is 0 Å². The second kappa shape index (κ2) is 6.19. The lowest BCUT2D eigenvalue weighted by atomic mass is 10.1. The number of sulfonamides is 1. The average molecular weight is 388 g/mol. The van der Waals surface area contributed by atoms with Gasteiger partial charge in [0, 0.05) is 40.6 Å². The molecule has 0 saturated heterocycles. The van der Waals surface area contributed by atoms with Crippen molar-refractivity contribution < 1.29 is 8.42 Å². The minimum absolute atomic E-state index is 0.0566. The molecular formula is C19H24N4O3S. The molecule has 1 fully saturated rings. The second-order valence-electron chi connectivity index (χ2n) is 7.84. The minimum atomic E-state index is -3.64. The molecule has 0 radical (unpaired) electrons. The van der Waals surface area contributed by atoms with Gasteiger partial charge in [0.25, 0.3) is 5.56 Å². The first-order valence-corrected chi connectivity index (χ1v) is 10.5. The zero-order valence-corrected chi connectivity index (χ0v) is 16.5. The number of aromatic nitrogens is 2. The molecule has 2 heterocycles. The zero-order valence-electron chi connectivity index (χ0n) is 15.7. The SMILES string of the molecule is CNC(C)(C)CN(C1CC1)S(=O)(=O)c1ccc2[nH]c(=O)c3[nH]ccc3c2c1. The minimum Gasteiger partial charge on any atom is -0.357 e. The number of fused-ring (bicyclic) bond motifs is 3. The van der Waals surface area contributed by atoms with Crippen LogP contribution in [0.5, 0.6) is 0 Å². The fourth-order valence-electron chi connectivity index (χ4n) is 3.36. The second-order valence-corrected chi connectivity index (χ2v) is 9.73. The lowest BCUT2D eigenvalue weighted by Gasteiger charge is -2.32. The summed E-state index contributed by atoms with van der Waals surface area (Å²) < 4.78 is 28.4. The van der Waals surface area contributed by atoms with Gasteiger partial charge in [0.05, 0.1) is 4.90 Å². The lowest BCUT2D eigenvalue weighted by Crippen LogP contribution is -2.50. The van der Waals surface area contributed by atoms with Gasteiger partial charge in [0.1, 0.15) is 5.52 Å². The number of nitrogens with one attached hydrogen (secondary N) is 3. The summed E-state index contributed by atoms with van der Waals surface area (Å²) in [6.45, 7) is 4.39. The lowest BCUT2D eigenvalue weighted by molar-refractivity contribution is 0.293. The molecule has 1 aromatic carbocycles. The fraction of sp³-hybridized carbons (Fsp3) is 0.421. The first kappa shape index (κ1) is 18.2. The van der Waals surface area contributed by atoms with Crippen LogP contribution in [-0.2, 0) is 10.0 Å². The Morgan fingerprint density at radius 1 is 1.22 bits per heavy atom. The molecule has 3 aromatic rings. The number of benzene rings is 1. The van der Waals surface area contributed by atoms with Crippen molar-refractivity contribution in [1.29, 1.82) is 0 Å². The van der Waals surface area contributed by atoms with Gasteiger partial charge >= 0.3 is 0 Å². The van der Waals surface area contributed by atoms with E-state index in [4.69, 9.17) is 0 Å². The van der Waals surface area contributed by atoms with Crippen LogP contribution in [0, 0.1) is 0 Å². The van der Waals surface area contributed by atoms with E-state index in [1.54, 1.807) is 34.8 Å². The molecule has 0 amide bonds. The van der Waals surface area contributed by atoms with Gasteiger partial charge in [0.2, 0.25) is 10.0 Å². The van der Waals surface area contributed by atoms with Crippen molar-refractivity contribution in [1.82, 2.24) is 19.6 Å². The number of nitrogens with zero attached hydrogens (tertiary/aromatic N) is 1. The van der Waals surface area contributed by atoms with Gasteiger partial charge in [-0.3, -0.25) is 4.79 Å². The monoisotopic (exact) mass is 388 g/mol. The molecule has 7 nitrogen and oxygen atoms in total. The molecule has 3 N–H and O–H groups in total. The largest absolute Gasteiger partial charge is 0.357 e. The highest BCUT2D eigenvalue weighted by Gasteiger charge is 2.40. The first-order chi connectivity index (χ1) is 12.7. The summed E-state index contributed by atoms with van der Waals surface area (Å²) >= 11 is 0. The number of likely N-dealkylation sites (N-methyl/N-ethyl adjacent to an activating group) is 1. The highest BCUT2D eigenvalue weighted by Crippen LogP contribution is 2.34. The van der Waals surface area contributed by atoms with E-state index in [-0.39, 0.29) is 22.0 Å². The van der Waals surface area contributed by atoms with Crippen molar-refractivity contribution in [2.75, 3.05) is 13.6 Å².